The summed E-state index contributed by atoms with van der Waals surface area (Å²) in [7, 11) is -3.98. The van der Waals surface area contributed by atoms with E-state index in [2.05, 4.69) is 29.1 Å². The van der Waals surface area contributed by atoms with Crippen LogP contribution in [0.15, 0.2) is 143 Å². The highest BCUT2D eigenvalue weighted by atomic mass is 32.2. The summed E-state index contributed by atoms with van der Waals surface area (Å²) < 4.78 is 42.5. The van der Waals surface area contributed by atoms with Crippen LogP contribution in [0, 0.1) is 12.8 Å². The van der Waals surface area contributed by atoms with E-state index in [1.165, 1.54) is 12.1 Å². The van der Waals surface area contributed by atoms with Crippen LogP contribution in [0.4, 0.5) is 5.69 Å². The van der Waals surface area contributed by atoms with Gasteiger partial charge in [-0.2, -0.15) is 4.72 Å². The van der Waals surface area contributed by atoms with Crippen LogP contribution < -0.4 is 10.0 Å². The molecule has 5 atom stereocenters. The molecule has 0 radical (unpaired) electrons. The maximum atomic E-state index is 13.7. The number of benzene rings is 5. The van der Waals surface area contributed by atoms with Crippen LogP contribution in [0.25, 0.3) is 0 Å². The fraction of sp³-hybridized carbons (Fsp3) is 0.244. The van der Waals surface area contributed by atoms with Crippen molar-refractivity contribution >= 4 is 33.4 Å². The molecule has 5 unspecified atom stereocenters. The quantitative estimate of drug-likeness (QED) is 0.107. The Labute approximate surface area is 304 Å². The van der Waals surface area contributed by atoms with Gasteiger partial charge < -0.3 is 19.9 Å². The highest BCUT2D eigenvalue weighted by Crippen LogP contribution is 2.43. The molecule has 10 heteroatoms. The largest absolute Gasteiger partial charge is 0.392 e. The number of aliphatic hydroxyl groups excluding tert-OH is 1. The summed E-state index contributed by atoms with van der Waals surface area (Å²) in [4.78, 5) is 14.9. The number of carbonyl (C=O) groups excluding carboxylic acids is 1. The van der Waals surface area contributed by atoms with E-state index >= 15 is 0 Å². The van der Waals surface area contributed by atoms with Crippen LogP contribution in [-0.2, 0) is 37.3 Å². The monoisotopic (exact) mass is 722 g/mol. The third-order valence-corrected chi connectivity index (χ3v) is 11.5. The second kappa shape index (κ2) is 16.8. The van der Waals surface area contributed by atoms with Gasteiger partial charge in [-0.15, -0.1) is 11.8 Å². The van der Waals surface area contributed by atoms with E-state index in [4.69, 9.17) is 9.47 Å². The van der Waals surface area contributed by atoms with Gasteiger partial charge in [0.1, 0.15) is 6.04 Å². The van der Waals surface area contributed by atoms with E-state index in [1.54, 1.807) is 36.0 Å². The summed E-state index contributed by atoms with van der Waals surface area (Å²) in [5, 5.41) is 12.5. The Hall–Kier alpha value is -4.29. The first-order valence-corrected chi connectivity index (χ1v) is 19.4. The van der Waals surface area contributed by atoms with Gasteiger partial charge in [-0.25, -0.2) is 8.42 Å². The minimum absolute atomic E-state index is 0.0298. The molecule has 3 N–H and O–H groups in total. The molecule has 51 heavy (non-hydrogen) atoms. The Kier molecular flexibility index (Phi) is 12.0. The van der Waals surface area contributed by atoms with E-state index in [0.717, 1.165) is 38.5 Å². The van der Waals surface area contributed by atoms with Gasteiger partial charge in [0, 0.05) is 27.8 Å². The molecule has 0 aliphatic carbocycles. The van der Waals surface area contributed by atoms with Crippen molar-refractivity contribution in [1.82, 2.24) is 4.72 Å². The molecule has 1 aliphatic heterocycles. The van der Waals surface area contributed by atoms with Crippen LogP contribution >= 0.6 is 11.8 Å². The normalized spacial score (nSPS) is 19.7. The highest BCUT2D eigenvalue weighted by molar-refractivity contribution is 7.99. The summed E-state index contributed by atoms with van der Waals surface area (Å²) in [6, 6.07) is 40.0. The first-order valence-electron chi connectivity index (χ1n) is 16.9. The summed E-state index contributed by atoms with van der Waals surface area (Å²) in [5.74, 6) is 0.290. The van der Waals surface area contributed by atoms with Crippen molar-refractivity contribution in [3.63, 3.8) is 0 Å². The van der Waals surface area contributed by atoms with E-state index in [9.17, 15) is 18.3 Å². The molecule has 0 spiro atoms. The highest BCUT2D eigenvalue weighted by Gasteiger charge is 2.38. The third-order valence-electron chi connectivity index (χ3n) is 8.96. The van der Waals surface area contributed by atoms with Gasteiger partial charge in [-0.1, -0.05) is 110 Å². The van der Waals surface area contributed by atoms with E-state index in [1.807, 2.05) is 91.9 Å². The number of ether oxygens (including phenoxy) is 2. The smallest absolute Gasteiger partial charge is 0.242 e. The zero-order valence-electron chi connectivity index (χ0n) is 28.5. The number of amides is 1. The van der Waals surface area contributed by atoms with Crippen molar-refractivity contribution in [2.24, 2.45) is 5.92 Å². The van der Waals surface area contributed by atoms with Gasteiger partial charge in [-0.05, 0) is 66.4 Å². The molecule has 0 saturated carbocycles. The summed E-state index contributed by atoms with van der Waals surface area (Å²) in [6.45, 7) is 3.99. The summed E-state index contributed by atoms with van der Waals surface area (Å²) in [6.07, 6.45) is -0.878. The van der Waals surface area contributed by atoms with Crippen LogP contribution in [-0.4, -0.2) is 37.3 Å². The van der Waals surface area contributed by atoms with Gasteiger partial charge in [0.2, 0.25) is 15.9 Å². The molecule has 0 bridgehead atoms. The molecule has 5 aromatic carbocycles. The predicted molar refractivity (Wildman–Crippen MR) is 201 cm³/mol. The third kappa shape index (κ3) is 9.53. The van der Waals surface area contributed by atoms with Gasteiger partial charge in [0.25, 0.3) is 0 Å². The van der Waals surface area contributed by atoms with Crippen LogP contribution in [0.2, 0.25) is 0 Å². The minimum Gasteiger partial charge on any atom is -0.392 e. The van der Waals surface area contributed by atoms with Crippen molar-refractivity contribution in [3.8, 4) is 0 Å². The standard InChI is InChI=1S/C41H42N2O6S2/c1-28-13-23-36(24-14-28)51(46,47)43-37(25-30-9-5-3-6-10-30)40(45)42-34-21-19-33(20-22-34)41-48-38(27-50-35-11-7-4-8-12-35)29(2)39(49-41)32-17-15-31(26-44)16-18-32/h3-24,29,37-39,41,43-44H,25-27H2,1-2H3,(H,42,45). The molecular weight excluding hydrogens is 681 g/mol. The second-order valence-electron chi connectivity index (χ2n) is 12.7. The fourth-order valence-corrected chi connectivity index (χ4v) is 8.25. The Balaban J connectivity index is 1.19. The average molecular weight is 723 g/mol. The first-order chi connectivity index (χ1) is 24.7. The number of aliphatic hydroxyl groups is 1. The number of aryl methyl sites for hydroxylation is 1. The summed E-state index contributed by atoms with van der Waals surface area (Å²) >= 11 is 1.74. The van der Waals surface area contributed by atoms with Crippen LogP contribution in [0.3, 0.4) is 0 Å². The lowest BCUT2D eigenvalue weighted by molar-refractivity contribution is -0.268. The molecule has 1 aliphatic rings. The number of carbonyl (C=O) groups is 1. The minimum atomic E-state index is -3.98. The predicted octanol–water partition coefficient (Wildman–Crippen LogP) is 7.60. The molecule has 8 nitrogen and oxygen atoms in total. The lowest BCUT2D eigenvalue weighted by atomic mass is 9.91. The molecule has 1 fully saturated rings. The Bertz CT molecular complexity index is 1980. The molecule has 264 valence electrons. The van der Waals surface area contributed by atoms with E-state index in [0.29, 0.717) is 5.69 Å². The lowest BCUT2D eigenvalue weighted by Crippen LogP contribution is -2.45. The molecule has 1 amide bonds. The molecule has 6 rings (SSSR count). The number of hydrogen-bond donors (Lipinski definition) is 3. The van der Waals surface area contributed by atoms with E-state index < -0.39 is 28.3 Å². The van der Waals surface area contributed by atoms with Crippen molar-refractivity contribution in [2.75, 3.05) is 11.1 Å². The molecule has 5 aromatic rings. The second-order valence-corrected chi connectivity index (χ2v) is 15.5. The zero-order valence-corrected chi connectivity index (χ0v) is 30.1. The maximum Gasteiger partial charge on any atom is 0.242 e. The number of nitrogens with one attached hydrogen (secondary N) is 2. The lowest BCUT2D eigenvalue weighted by Gasteiger charge is -2.41. The molecule has 0 aromatic heterocycles. The SMILES string of the molecule is Cc1ccc(S(=O)(=O)NC(Cc2ccccc2)C(=O)Nc2ccc(C3OC(CSc4ccccc4)C(C)C(c4ccc(CO)cc4)O3)cc2)cc1. The Morgan fingerprint density at radius 2 is 1.41 bits per heavy atom. The molecule has 1 heterocycles. The van der Waals surface area contributed by atoms with E-state index in [-0.39, 0.29) is 36.0 Å². The Morgan fingerprint density at radius 1 is 0.784 bits per heavy atom. The average Bonchev–Trinajstić information content (AvgIpc) is 3.15. The number of hydrogen-bond acceptors (Lipinski definition) is 7. The first kappa shape index (κ1) is 36.5. The van der Waals surface area contributed by atoms with Crippen molar-refractivity contribution in [1.29, 1.82) is 0 Å². The van der Waals surface area contributed by atoms with Crippen LogP contribution in [0.5, 0.6) is 0 Å². The van der Waals surface area contributed by atoms with Gasteiger partial charge in [0.05, 0.1) is 23.7 Å². The topological polar surface area (TPSA) is 114 Å². The van der Waals surface area contributed by atoms with Gasteiger partial charge in [-0.3, -0.25) is 4.79 Å². The number of rotatable bonds is 13. The van der Waals surface area contributed by atoms with Crippen molar-refractivity contribution in [2.45, 2.75) is 61.2 Å². The molecular formula is C41H42N2O6S2. The van der Waals surface area contributed by atoms with Crippen molar-refractivity contribution in [3.05, 3.63) is 161 Å². The number of anilines is 1. The molecule has 1 saturated heterocycles. The Morgan fingerprint density at radius 3 is 2.06 bits per heavy atom. The number of thioether (sulfide) groups is 1. The fourth-order valence-electron chi connectivity index (χ4n) is 5.97. The van der Waals surface area contributed by atoms with Crippen LogP contribution in [0.1, 0.15) is 47.1 Å². The van der Waals surface area contributed by atoms with Crippen molar-refractivity contribution < 1.29 is 27.8 Å². The number of sulfonamides is 1. The summed E-state index contributed by atoms with van der Waals surface area (Å²) in [5.41, 5.74) is 4.88. The van der Waals surface area contributed by atoms with Gasteiger partial charge >= 0.3 is 0 Å². The van der Waals surface area contributed by atoms with Gasteiger partial charge in [0.15, 0.2) is 6.29 Å². The zero-order chi connectivity index (χ0) is 35.8. The maximum absolute atomic E-state index is 13.7.